The highest BCUT2D eigenvalue weighted by atomic mass is 79.9. The lowest BCUT2D eigenvalue weighted by molar-refractivity contribution is -0.126. The molecule has 1 aliphatic rings. The molecule has 1 aromatic rings. The Labute approximate surface area is 133 Å². The first-order valence-corrected chi connectivity index (χ1v) is 7.86. The average molecular weight is 354 g/mol. The minimum absolute atomic E-state index is 0.120. The van der Waals surface area contributed by atoms with Gasteiger partial charge in [-0.05, 0) is 50.1 Å². The maximum atomic E-state index is 12.1. The van der Waals surface area contributed by atoms with Gasteiger partial charge in [-0.1, -0.05) is 22.4 Å². The molecule has 3 N–H and O–H groups in total. The quantitative estimate of drug-likeness (QED) is 0.869. The van der Waals surface area contributed by atoms with Crippen molar-refractivity contribution in [2.45, 2.75) is 32.2 Å². The molecular weight excluding hydrogens is 334 g/mol. The summed E-state index contributed by atoms with van der Waals surface area (Å²) < 4.78 is 1.00. The molecule has 1 saturated heterocycles. The summed E-state index contributed by atoms with van der Waals surface area (Å²) in [5.74, 6) is -0.466. The van der Waals surface area contributed by atoms with Crippen molar-refractivity contribution in [3.63, 3.8) is 0 Å². The van der Waals surface area contributed by atoms with E-state index in [1.165, 1.54) is 0 Å². The van der Waals surface area contributed by atoms with Crippen molar-refractivity contribution < 1.29 is 9.59 Å². The van der Waals surface area contributed by atoms with Crippen LogP contribution in [0.5, 0.6) is 0 Å². The van der Waals surface area contributed by atoms with Gasteiger partial charge in [0.05, 0.1) is 12.6 Å². The van der Waals surface area contributed by atoms with Crippen molar-refractivity contribution in [1.82, 2.24) is 4.90 Å². The van der Waals surface area contributed by atoms with Crippen LogP contribution in [0, 0.1) is 6.92 Å². The first-order chi connectivity index (χ1) is 9.97. The lowest BCUT2D eigenvalue weighted by Gasteiger charge is -2.32. The Balaban J connectivity index is 1.97. The first-order valence-electron chi connectivity index (χ1n) is 7.07. The number of rotatable bonds is 4. The molecule has 2 rings (SSSR count). The summed E-state index contributed by atoms with van der Waals surface area (Å²) in [6, 6.07) is 5.33. The number of aryl methyl sites for hydroxylation is 1. The second-order valence-electron chi connectivity index (χ2n) is 5.40. The number of nitrogens with one attached hydrogen (secondary N) is 1. The van der Waals surface area contributed by atoms with Gasteiger partial charge in [-0.25, -0.2) is 0 Å². The Bertz CT molecular complexity index is 548. The summed E-state index contributed by atoms with van der Waals surface area (Å²) in [5, 5.41) is 2.86. The van der Waals surface area contributed by atoms with Crippen LogP contribution >= 0.6 is 15.9 Å². The van der Waals surface area contributed by atoms with Gasteiger partial charge < -0.3 is 11.1 Å². The standard InChI is InChI=1S/C15H20BrN3O2/c1-10-8-11(5-6-12(10)16)18-14(20)9-19-7-3-2-4-13(19)15(17)21/h5-6,8,13H,2-4,7,9H2,1H3,(H2,17,21)(H,18,20)/t13-/m0/s1. The van der Waals surface area contributed by atoms with Crippen LogP contribution in [0.3, 0.4) is 0 Å². The molecular formula is C15H20BrN3O2. The van der Waals surface area contributed by atoms with Crippen molar-refractivity contribution in [2.75, 3.05) is 18.4 Å². The predicted octanol–water partition coefficient (Wildman–Crippen LogP) is 2.04. The molecule has 0 bridgehead atoms. The van der Waals surface area contributed by atoms with Crippen LogP contribution in [-0.2, 0) is 9.59 Å². The van der Waals surface area contributed by atoms with E-state index in [9.17, 15) is 9.59 Å². The summed E-state index contributed by atoms with van der Waals surface area (Å²) in [6.07, 6.45) is 2.71. The molecule has 0 aliphatic carbocycles. The highest BCUT2D eigenvalue weighted by Crippen LogP contribution is 2.20. The zero-order chi connectivity index (χ0) is 15.4. The summed E-state index contributed by atoms with van der Waals surface area (Å²) in [7, 11) is 0. The molecule has 114 valence electrons. The van der Waals surface area contributed by atoms with E-state index in [2.05, 4.69) is 21.2 Å². The molecule has 1 atom stereocenters. The van der Waals surface area contributed by atoms with Crippen molar-refractivity contribution >= 4 is 33.4 Å². The number of hydrogen-bond acceptors (Lipinski definition) is 3. The molecule has 0 aromatic heterocycles. The highest BCUT2D eigenvalue weighted by Gasteiger charge is 2.28. The number of halogens is 1. The van der Waals surface area contributed by atoms with Gasteiger partial charge in [0.1, 0.15) is 0 Å². The van der Waals surface area contributed by atoms with Gasteiger partial charge in [-0.2, -0.15) is 0 Å². The molecule has 2 amide bonds. The Hall–Kier alpha value is -1.40. The number of amides is 2. The van der Waals surface area contributed by atoms with E-state index in [0.717, 1.165) is 41.5 Å². The van der Waals surface area contributed by atoms with E-state index >= 15 is 0 Å². The number of likely N-dealkylation sites (tertiary alicyclic amines) is 1. The fourth-order valence-corrected chi connectivity index (χ4v) is 2.86. The van der Waals surface area contributed by atoms with Crippen LogP contribution in [0.2, 0.25) is 0 Å². The van der Waals surface area contributed by atoms with Crippen LogP contribution in [0.25, 0.3) is 0 Å². The Morgan fingerprint density at radius 1 is 1.43 bits per heavy atom. The number of benzene rings is 1. The molecule has 21 heavy (non-hydrogen) atoms. The molecule has 5 nitrogen and oxygen atoms in total. The van der Waals surface area contributed by atoms with Crippen LogP contribution < -0.4 is 11.1 Å². The SMILES string of the molecule is Cc1cc(NC(=O)CN2CCCC[C@H]2C(N)=O)ccc1Br. The second kappa shape index (κ2) is 7.04. The fourth-order valence-electron chi connectivity index (χ4n) is 2.61. The molecule has 6 heteroatoms. The molecule has 1 aliphatic heterocycles. The number of primary amides is 1. The van der Waals surface area contributed by atoms with Crippen LogP contribution in [-0.4, -0.2) is 35.8 Å². The third-order valence-corrected chi connectivity index (χ3v) is 4.62. The maximum absolute atomic E-state index is 12.1. The van der Waals surface area contributed by atoms with Gasteiger partial charge in [-0.3, -0.25) is 14.5 Å². The summed E-state index contributed by atoms with van der Waals surface area (Å²) in [4.78, 5) is 25.4. The first kappa shape index (κ1) is 16.0. The third-order valence-electron chi connectivity index (χ3n) is 3.73. The topological polar surface area (TPSA) is 75.4 Å². The number of carbonyl (C=O) groups excluding carboxylic acids is 2. The van der Waals surface area contributed by atoms with Crippen molar-refractivity contribution in [1.29, 1.82) is 0 Å². The van der Waals surface area contributed by atoms with Gasteiger partial charge >= 0.3 is 0 Å². The van der Waals surface area contributed by atoms with Gasteiger partial charge in [0.15, 0.2) is 0 Å². The second-order valence-corrected chi connectivity index (χ2v) is 6.25. The smallest absolute Gasteiger partial charge is 0.238 e. The Kier molecular flexibility index (Phi) is 5.36. The van der Waals surface area contributed by atoms with Gasteiger partial charge in [0.2, 0.25) is 11.8 Å². The van der Waals surface area contributed by atoms with E-state index in [4.69, 9.17) is 5.73 Å². The largest absolute Gasteiger partial charge is 0.368 e. The van der Waals surface area contributed by atoms with Gasteiger partial charge in [-0.15, -0.1) is 0 Å². The lowest BCUT2D eigenvalue weighted by Crippen LogP contribution is -2.50. The number of nitrogens with two attached hydrogens (primary N) is 1. The van der Waals surface area contributed by atoms with E-state index in [1.54, 1.807) is 0 Å². The summed E-state index contributed by atoms with van der Waals surface area (Å²) in [6.45, 7) is 2.90. The maximum Gasteiger partial charge on any atom is 0.238 e. The number of anilines is 1. The van der Waals surface area contributed by atoms with Crippen molar-refractivity contribution in [3.8, 4) is 0 Å². The van der Waals surface area contributed by atoms with Gasteiger partial charge in [0, 0.05) is 10.2 Å². The number of carbonyl (C=O) groups is 2. The third kappa shape index (κ3) is 4.28. The zero-order valence-corrected chi connectivity index (χ0v) is 13.6. The summed E-state index contributed by atoms with van der Waals surface area (Å²) >= 11 is 3.43. The average Bonchev–Trinajstić information content (AvgIpc) is 2.43. The predicted molar refractivity (Wildman–Crippen MR) is 85.9 cm³/mol. The minimum atomic E-state index is -0.345. The number of hydrogen-bond donors (Lipinski definition) is 2. The van der Waals surface area contributed by atoms with Crippen molar-refractivity contribution in [2.24, 2.45) is 5.73 Å². The molecule has 0 spiro atoms. The number of nitrogens with zero attached hydrogens (tertiary/aromatic N) is 1. The fraction of sp³-hybridized carbons (Fsp3) is 0.467. The molecule has 0 saturated carbocycles. The normalized spacial score (nSPS) is 19.2. The zero-order valence-electron chi connectivity index (χ0n) is 12.1. The monoisotopic (exact) mass is 353 g/mol. The van der Waals surface area contributed by atoms with Crippen LogP contribution in [0.4, 0.5) is 5.69 Å². The van der Waals surface area contributed by atoms with Crippen LogP contribution in [0.1, 0.15) is 24.8 Å². The van der Waals surface area contributed by atoms with E-state index in [1.807, 2.05) is 30.0 Å². The molecule has 0 radical (unpaired) electrons. The number of piperidine rings is 1. The van der Waals surface area contributed by atoms with Gasteiger partial charge in [0.25, 0.3) is 0 Å². The lowest BCUT2D eigenvalue weighted by atomic mass is 10.0. The minimum Gasteiger partial charge on any atom is -0.368 e. The van der Waals surface area contributed by atoms with Crippen LogP contribution in [0.15, 0.2) is 22.7 Å². The summed E-state index contributed by atoms with van der Waals surface area (Å²) in [5.41, 5.74) is 7.22. The van der Waals surface area contributed by atoms with Crippen molar-refractivity contribution in [3.05, 3.63) is 28.2 Å². The Morgan fingerprint density at radius 2 is 2.19 bits per heavy atom. The molecule has 0 unspecified atom stereocenters. The van der Waals surface area contributed by atoms with E-state index in [0.29, 0.717) is 0 Å². The molecule has 1 heterocycles. The van der Waals surface area contributed by atoms with E-state index < -0.39 is 0 Å². The molecule has 1 fully saturated rings. The highest BCUT2D eigenvalue weighted by molar-refractivity contribution is 9.10. The van der Waals surface area contributed by atoms with E-state index in [-0.39, 0.29) is 24.4 Å². The molecule has 1 aromatic carbocycles. The Morgan fingerprint density at radius 3 is 2.86 bits per heavy atom.